The largest absolute Gasteiger partial charge is 0.481 e. The number of halogens is 2. The average molecular weight is 364 g/mol. The molecule has 2 aromatic rings. The van der Waals surface area contributed by atoms with E-state index >= 15 is 0 Å². The lowest BCUT2D eigenvalue weighted by atomic mass is 9.98. The van der Waals surface area contributed by atoms with E-state index in [1.807, 2.05) is 6.07 Å². The summed E-state index contributed by atoms with van der Waals surface area (Å²) in [5.74, 6) is -1.44. The van der Waals surface area contributed by atoms with Crippen LogP contribution in [0.2, 0.25) is 5.02 Å². The number of benzene rings is 2. The van der Waals surface area contributed by atoms with Crippen molar-refractivity contribution in [1.82, 2.24) is 5.32 Å². The molecule has 2 N–H and O–H groups in total. The highest BCUT2D eigenvalue weighted by molar-refractivity contribution is 6.31. The van der Waals surface area contributed by atoms with Gasteiger partial charge in [-0.2, -0.15) is 0 Å². The Hall–Kier alpha value is -2.40. The van der Waals surface area contributed by atoms with E-state index in [1.165, 1.54) is 12.1 Å². The lowest BCUT2D eigenvalue weighted by molar-refractivity contribution is -0.137. The summed E-state index contributed by atoms with van der Waals surface area (Å²) in [6.45, 7) is 0. The molecule has 0 saturated heterocycles. The number of carbonyl (C=O) groups is 2. The molecule has 1 unspecified atom stereocenters. The van der Waals surface area contributed by atoms with Crippen LogP contribution in [-0.4, -0.2) is 17.0 Å². The van der Waals surface area contributed by atoms with Crippen LogP contribution in [0.4, 0.5) is 4.39 Å². The lowest BCUT2D eigenvalue weighted by Crippen LogP contribution is -2.29. The second-order valence-electron chi connectivity index (χ2n) is 5.67. The molecule has 0 bridgehead atoms. The van der Waals surface area contributed by atoms with Crippen LogP contribution in [0.25, 0.3) is 0 Å². The van der Waals surface area contributed by atoms with Crippen molar-refractivity contribution in [1.29, 1.82) is 0 Å². The number of carboxylic acids is 1. The molecule has 1 atom stereocenters. The minimum atomic E-state index is -0.874. The first-order valence-electron chi connectivity index (χ1n) is 7.98. The van der Waals surface area contributed by atoms with E-state index in [-0.39, 0.29) is 24.6 Å². The van der Waals surface area contributed by atoms with E-state index in [2.05, 4.69) is 5.32 Å². The zero-order valence-electron chi connectivity index (χ0n) is 13.5. The molecule has 6 heteroatoms. The highest BCUT2D eigenvalue weighted by Crippen LogP contribution is 2.28. The van der Waals surface area contributed by atoms with Crippen LogP contribution in [0.15, 0.2) is 48.5 Å². The van der Waals surface area contributed by atoms with Gasteiger partial charge in [0.05, 0.1) is 6.04 Å². The van der Waals surface area contributed by atoms with Gasteiger partial charge in [0.2, 0.25) is 5.91 Å². The number of nitrogens with one attached hydrogen (secondary N) is 1. The molecule has 1 amide bonds. The van der Waals surface area contributed by atoms with Crippen molar-refractivity contribution >= 4 is 23.5 Å². The van der Waals surface area contributed by atoms with Gasteiger partial charge >= 0.3 is 5.97 Å². The van der Waals surface area contributed by atoms with Gasteiger partial charge in [0.15, 0.2) is 0 Å². The van der Waals surface area contributed by atoms with Crippen LogP contribution >= 0.6 is 11.6 Å². The van der Waals surface area contributed by atoms with Gasteiger partial charge in [-0.25, -0.2) is 4.39 Å². The number of amides is 1. The molecule has 0 heterocycles. The molecule has 0 aliphatic rings. The quantitative estimate of drug-likeness (QED) is 0.686. The number of hydrogen-bond acceptors (Lipinski definition) is 2. The van der Waals surface area contributed by atoms with Crippen LogP contribution in [0.1, 0.15) is 42.9 Å². The van der Waals surface area contributed by atoms with E-state index in [4.69, 9.17) is 16.7 Å². The van der Waals surface area contributed by atoms with Gasteiger partial charge in [-0.3, -0.25) is 9.59 Å². The summed E-state index contributed by atoms with van der Waals surface area (Å²) in [4.78, 5) is 22.8. The standard InChI is InChI=1S/C19H19ClFNO3/c20-16-6-2-1-5-15(16)19(13-9-11-14(21)12-10-13)22-17(23)7-3-4-8-18(24)25/h1-2,5-6,9-12,19H,3-4,7-8H2,(H,22,23)(H,24,25). The topological polar surface area (TPSA) is 66.4 Å². The molecule has 2 rings (SSSR count). The molecule has 25 heavy (non-hydrogen) atoms. The predicted octanol–water partition coefficient (Wildman–Crippen LogP) is 4.33. The molecule has 2 aromatic carbocycles. The summed E-state index contributed by atoms with van der Waals surface area (Å²) >= 11 is 6.25. The fourth-order valence-electron chi connectivity index (χ4n) is 2.50. The summed E-state index contributed by atoms with van der Waals surface area (Å²) in [5.41, 5.74) is 1.43. The maximum absolute atomic E-state index is 13.2. The zero-order chi connectivity index (χ0) is 18.2. The molecule has 0 aliphatic carbocycles. The van der Waals surface area contributed by atoms with Crippen LogP contribution in [0, 0.1) is 5.82 Å². The Bertz CT molecular complexity index is 734. The predicted molar refractivity (Wildman–Crippen MR) is 93.9 cm³/mol. The van der Waals surface area contributed by atoms with Gasteiger partial charge in [-0.15, -0.1) is 0 Å². The van der Waals surface area contributed by atoms with Gasteiger partial charge in [0.25, 0.3) is 0 Å². The Morgan fingerprint density at radius 3 is 2.32 bits per heavy atom. The van der Waals surface area contributed by atoms with Crippen molar-refractivity contribution in [3.8, 4) is 0 Å². The molecule has 4 nitrogen and oxygen atoms in total. The zero-order valence-corrected chi connectivity index (χ0v) is 14.3. The molecule has 0 aromatic heterocycles. The molecule has 0 spiro atoms. The Morgan fingerprint density at radius 2 is 1.68 bits per heavy atom. The number of unbranched alkanes of at least 4 members (excludes halogenated alkanes) is 1. The number of aliphatic carboxylic acids is 1. The van der Waals surface area contributed by atoms with E-state index in [9.17, 15) is 14.0 Å². The number of carboxylic acid groups (broad SMARTS) is 1. The molecular formula is C19H19ClFNO3. The summed E-state index contributed by atoms with van der Waals surface area (Å²) in [6, 6.07) is 12.5. The van der Waals surface area contributed by atoms with E-state index in [1.54, 1.807) is 30.3 Å². The number of rotatable bonds is 8. The molecular weight excluding hydrogens is 345 g/mol. The molecule has 0 saturated carbocycles. The minimum absolute atomic E-state index is 0.0409. The number of hydrogen-bond donors (Lipinski definition) is 2. The normalized spacial score (nSPS) is 11.8. The maximum atomic E-state index is 13.2. The lowest BCUT2D eigenvalue weighted by Gasteiger charge is -2.21. The van der Waals surface area contributed by atoms with Gasteiger partial charge in [-0.1, -0.05) is 41.9 Å². The van der Waals surface area contributed by atoms with Crippen LogP contribution in [-0.2, 0) is 9.59 Å². The fourth-order valence-corrected chi connectivity index (χ4v) is 2.74. The Kier molecular flexibility index (Phi) is 6.95. The second-order valence-corrected chi connectivity index (χ2v) is 6.08. The second kappa shape index (κ2) is 9.18. The Balaban J connectivity index is 2.12. The van der Waals surface area contributed by atoms with E-state index < -0.39 is 12.0 Å². The first-order valence-corrected chi connectivity index (χ1v) is 8.36. The van der Waals surface area contributed by atoms with Gasteiger partial charge in [0, 0.05) is 17.9 Å². The third-order valence-corrected chi connectivity index (χ3v) is 4.11. The van der Waals surface area contributed by atoms with Crippen molar-refractivity contribution < 1.29 is 19.1 Å². The summed E-state index contributed by atoms with van der Waals surface area (Å²) in [7, 11) is 0. The summed E-state index contributed by atoms with van der Waals surface area (Å²) in [5, 5.41) is 12.0. The van der Waals surface area contributed by atoms with Crippen LogP contribution in [0.3, 0.4) is 0 Å². The third kappa shape index (κ3) is 5.87. The summed E-state index contributed by atoms with van der Waals surface area (Å²) < 4.78 is 13.2. The van der Waals surface area contributed by atoms with Gasteiger partial charge in [-0.05, 0) is 42.2 Å². The maximum Gasteiger partial charge on any atom is 0.303 e. The summed E-state index contributed by atoms with van der Waals surface area (Å²) in [6.07, 6.45) is 1.18. The highest BCUT2D eigenvalue weighted by atomic mass is 35.5. The Morgan fingerprint density at radius 1 is 1.04 bits per heavy atom. The van der Waals surface area contributed by atoms with E-state index in [0.29, 0.717) is 23.4 Å². The SMILES string of the molecule is O=C(O)CCCCC(=O)NC(c1ccc(F)cc1)c1ccccc1Cl. The molecule has 132 valence electrons. The molecule has 0 aliphatic heterocycles. The van der Waals surface area contributed by atoms with E-state index in [0.717, 1.165) is 5.56 Å². The smallest absolute Gasteiger partial charge is 0.303 e. The first-order chi connectivity index (χ1) is 12.0. The van der Waals surface area contributed by atoms with Crippen LogP contribution in [0.5, 0.6) is 0 Å². The minimum Gasteiger partial charge on any atom is -0.481 e. The van der Waals surface area contributed by atoms with Gasteiger partial charge < -0.3 is 10.4 Å². The first kappa shape index (κ1) is 18.9. The monoisotopic (exact) mass is 363 g/mol. The van der Waals surface area contributed by atoms with Crippen molar-refractivity contribution in [2.45, 2.75) is 31.7 Å². The third-order valence-electron chi connectivity index (χ3n) is 3.77. The number of carbonyl (C=O) groups excluding carboxylic acids is 1. The van der Waals surface area contributed by atoms with Crippen LogP contribution < -0.4 is 5.32 Å². The fraction of sp³-hybridized carbons (Fsp3) is 0.263. The molecule has 0 fully saturated rings. The molecule has 0 radical (unpaired) electrons. The Labute approximate surface area is 150 Å². The highest BCUT2D eigenvalue weighted by Gasteiger charge is 2.19. The van der Waals surface area contributed by atoms with Crippen molar-refractivity contribution in [2.75, 3.05) is 0 Å². The van der Waals surface area contributed by atoms with Crippen molar-refractivity contribution in [3.63, 3.8) is 0 Å². The van der Waals surface area contributed by atoms with Crippen molar-refractivity contribution in [2.24, 2.45) is 0 Å². The van der Waals surface area contributed by atoms with Gasteiger partial charge in [0.1, 0.15) is 5.82 Å². The average Bonchev–Trinajstić information content (AvgIpc) is 2.58. The van der Waals surface area contributed by atoms with Crippen molar-refractivity contribution in [3.05, 3.63) is 70.5 Å².